The summed E-state index contributed by atoms with van der Waals surface area (Å²) in [7, 11) is 1.38. The van der Waals surface area contributed by atoms with Gasteiger partial charge in [0, 0.05) is 25.7 Å². The maximum atomic E-state index is 12.5. The highest BCUT2D eigenvalue weighted by Crippen LogP contribution is 2.29. The smallest absolute Gasteiger partial charge is 0.320 e. The van der Waals surface area contributed by atoms with Crippen molar-refractivity contribution in [3.8, 4) is 0 Å². The number of aliphatic carboxylic acids is 1. The van der Waals surface area contributed by atoms with Crippen molar-refractivity contribution < 1.29 is 24.2 Å². The molecule has 0 aromatic carbocycles. The van der Waals surface area contributed by atoms with Gasteiger partial charge in [-0.1, -0.05) is 0 Å². The van der Waals surface area contributed by atoms with Gasteiger partial charge in [0.15, 0.2) is 0 Å². The van der Waals surface area contributed by atoms with E-state index in [-0.39, 0.29) is 36.9 Å². The van der Waals surface area contributed by atoms with Crippen LogP contribution in [0.5, 0.6) is 0 Å². The number of carbonyl (C=O) groups is 3. The van der Waals surface area contributed by atoms with Crippen LogP contribution in [0.1, 0.15) is 32.1 Å². The molecule has 0 aromatic heterocycles. The number of hydrogen-bond donors (Lipinski definition) is 1. The summed E-state index contributed by atoms with van der Waals surface area (Å²) >= 11 is 0. The fraction of sp³-hybridized carbons (Fsp3) is 0.786. The molecule has 2 aliphatic rings. The Kier molecular flexibility index (Phi) is 5.03. The number of hydrogen-bond acceptors (Lipinski definition) is 4. The van der Waals surface area contributed by atoms with E-state index < -0.39 is 5.97 Å². The number of likely N-dealkylation sites (tertiary alicyclic amines) is 1. The normalized spacial score (nSPS) is 19.2. The van der Waals surface area contributed by atoms with E-state index in [4.69, 9.17) is 9.84 Å². The molecule has 2 amide bonds. The summed E-state index contributed by atoms with van der Waals surface area (Å²) in [5, 5.41) is 8.78. The Morgan fingerprint density at radius 3 is 2.29 bits per heavy atom. The summed E-state index contributed by atoms with van der Waals surface area (Å²) < 4.78 is 4.73. The van der Waals surface area contributed by atoms with E-state index in [1.807, 2.05) is 0 Å². The second-order valence-electron chi connectivity index (χ2n) is 5.64. The quantitative estimate of drug-likeness (QED) is 0.763. The molecule has 21 heavy (non-hydrogen) atoms. The van der Waals surface area contributed by atoms with E-state index in [1.54, 1.807) is 9.80 Å². The van der Waals surface area contributed by atoms with Crippen molar-refractivity contribution in [2.24, 2.45) is 5.92 Å². The maximum absolute atomic E-state index is 12.5. The van der Waals surface area contributed by atoms with Gasteiger partial charge in [0.1, 0.15) is 0 Å². The largest absolute Gasteiger partial charge is 0.481 e. The van der Waals surface area contributed by atoms with E-state index in [0.717, 1.165) is 12.8 Å². The van der Waals surface area contributed by atoms with Crippen molar-refractivity contribution in [1.82, 2.24) is 9.80 Å². The number of carboxylic acid groups (broad SMARTS) is 1. The first kappa shape index (κ1) is 15.6. The molecule has 0 radical (unpaired) electrons. The van der Waals surface area contributed by atoms with E-state index >= 15 is 0 Å². The van der Waals surface area contributed by atoms with Gasteiger partial charge in [0.2, 0.25) is 0 Å². The number of urea groups is 1. The predicted molar refractivity (Wildman–Crippen MR) is 73.7 cm³/mol. The fourth-order valence-electron chi connectivity index (χ4n) is 2.69. The number of esters is 1. The maximum Gasteiger partial charge on any atom is 0.320 e. The Hall–Kier alpha value is -1.79. The number of methoxy groups -OCH3 is 1. The highest BCUT2D eigenvalue weighted by molar-refractivity contribution is 5.77. The Morgan fingerprint density at radius 1 is 1.19 bits per heavy atom. The third-order valence-electron chi connectivity index (χ3n) is 4.10. The van der Waals surface area contributed by atoms with Crippen molar-refractivity contribution in [2.45, 2.75) is 38.1 Å². The Labute approximate surface area is 123 Å². The van der Waals surface area contributed by atoms with E-state index in [1.165, 1.54) is 7.11 Å². The number of amides is 2. The minimum absolute atomic E-state index is 0.0269. The number of rotatable bonds is 5. The first-order valence-electron chi connectivity index (χ1n) is 7.38. The molecule has 2 fully saturated rings. The molecule has 1 aliphatic heterocycles. The van der Waals surface area contributed by atoms with Gasteiger partial charge in [-0.3, -0.25) is 9.59 Å². The van der Waals surface area contributed by atoms with Crippen molar-refractivity contribution in [3.05, 3.63) is 0 Å². The highest BCUT2D eigenvalue weighted by Gasteiger charge is 2.36. The van der Waals surface area contributed by atoms with Gasteiger partial charge in [-0.2, -0.15) is 0 Å². The van der Waals surface area contributed by atoms with Crippen LogP contribution in [-0.2, 0) is 14.3 Å². The third-order valence-corrected chi connectivity index (χ3v) is 4.10. The molecule has 0 spiro atoms. The van der Waals surface area contributed by atoms with Gasteiger partial charge in [0.25, 0.3) is 0 Å². The first-order chi connectivity index (χ1) is 10.0. The topological polar surface area (TPSA) is 87.2 Å². The Balaban J connectivity index is 1.87. The minimum Gasteiger partial charge on any atom is -0.481 e. The lowest BCUT2D eigenvalue weighted by Gasteiger charge is -2.35. The standard InChI is InChI=1S/C14H22N2O5/c1-21-13(19)10-4-7-15(8-5-10)14(20)16(11-2-3-11)9-6-12(17)18/h10-11H,2-9H2,1H3,(H,17,18). The number of piperidine rings is 1. The average molecular weight is 298 g/mol. The molecule has 118 valence electrons. The Bertz CT molecular complexity index is 414. The van der Waals surface area contributed by atoms with Gasteiger partial charge in [-0.05, 0) is 25.7 Å². The average Bonchev–Trinajstić information content (AvgIpc) is 3.31. The SMILES string of the molecule is COC(=O)C1CCN(C(=O)N(CCC(=O)O)C2CC2)CC1. The molecular weight excluding hydrogens is 276 g/mol. The van der Waals surface area contributed by atoms with Crippen LogP contribution in [0, 0.1) is 5.92 Å². The lowest BCUT2D eigenvalue weighted by atomic mass is 9.97. The van der Waals surface area contributed by atoms with Crippen LogP contribution in [0.4, 0.5) is 4.79 Å². The molecule has 0 aromatic rings. The number of nitrogens with zero attached hydrogens (tertiary/aromatic N) is 2. The number of ether oxygens (including phenoxy) is 1. The molecule has 1 heterocycles. The van der Waals surface area contributed by atoms with Crippen LogP contribution in [-0.4, -0.2) is 65.7 Å². The van der Waals surface area contributed by atoms with Crippen LogP contribution in [0.2, 0.25) is 0 Å². The summed E-state index contributed by atoms with van der Waals surface area (Å²) in [5.41, 5.74) is 0. The zero-order valence-corrected chi connectivity index (χ0v) is 12.3. The Morgan fingerprint density at radius 2 is 1.81 bits per heavy atom. The van der Waals surface area contributed by atoms with Gasteiger partial charge < -0.3 is 19.6 Å². The molecule has 0 unspecified atom stereocenters. The van der Waals surface area contributed by atoms with Gasteiger partial charge >= 0.3 is 18.0 Å². The van der Waals surface area contributed by atoms with Crippen molar-refractivity contribution in [1.29, 1.82) is 0 Å². The molecule has 1 aliphatic carbocycles. The molecule has 7 heteroatoms. The van der Waals surface area contributed by atoms with Crippen molar-refractivity contribution >= 4 is 18.0 Å². The van der Waals surface area contributed by atoms with Crippen LogP contribution in [0.3, 0.4) is 0 Å². The molecule has 1 N–H and O–H groups in total. The van der Waals surface area contributed by atoms with Gasteiger partial charge in [-0.15, -0.1) is 0 Å². The molecule has 0 atom stereocenters. The second kappa shape index (κ2) is 6.78. The summed E-state index contributed by atoms with van der Waals surface area (Å²) in [6, 6.07) is 0.0947. The number of carbonyl (C=O) groups excluding carboxylic acids is 2. The summed E-state index contributed by atoms with van der Waals surface area (Å²) in [6.45, 7) is 1.31. The molecule has 2 rings (SSSR count). The molecular formula is C14H22N2O5. The number of carboxylic acids is 1. The highest BCUT2D eigenvalue weighted by atomic mass is 16.5. The van der Waals surface area contributed by atoms with Crippen molar-refractivity contribution in [3.63, 3.8) is 0 Å². The third kappa shape index (κ3) is 4.09. The van der Waals surface area contributed by atoms with Gasteiger partial charge in [-0.25, -0.2) is 4.79 Å². The predicted octanol–water partition coefficient (Wildman–Crippen LogP) is 0.930. The lowest BCUT2D eigenvalue weighted by molar-refractivity contribution is -0.147. The van der Waals surface area contributed by atoms with Crippen LogP contribution in [0.25, 0.3) is 0 Å². The zero-order valence-electron chi connectivity index (χ0n) is 12.3. The van der Waals surface area contributed by atoms with Gasteiger partial charge in [0.05, 0.1) is 19.4 Å². The molecule has 7 nitrogen and oxygen atoms in total. The van der Waals surface area contributed by atoms with Crippen LogP contribution in [0.15, 0.2) is 0 Å². The summed E-state index contributed by atoms with van der Waals surface area (Å²) in [5.74, 6) is -1.24. The second-order valence-corrected chi connectivity index (χ2v) is 5.64. The summed E-state index contributed by atoms with van der Waals surface area (Å²) in [6.07, 6.45) is 3.08. The first-order valence-corrected chi connectivity index (χ1v) is 7.38. The van der Waals surface area contributed by atoms with E-state index in [9.17, 15) is 14.4 Å². The van der Waals surface area contributed by atoms with Crippen LogP contribution < -0.4 is 0 Å². The lowest BCUT2D eigenvalue weighted by Crippen LogP contribution is -2.48. The summed E-state index contributed by atoms with van der Waals surface area (Å²) in [4.78, 5) is 38.0. The fourth-order valence-corrected chi connectivity index (χ4v) is 2.69. The molecule has 0 bridgehead atoms. The molecule has 1 saturated carbocycles. The monoisotopic (exact) mass is 298 g/mol. The minimum atomic E-state index is -0.891. The zero-order chi connectivity index (χ0) is 15.4. The van der Waals surface area contributed by atoms with Crippen LogP contribution >= 0.6 is 0 Å². The van der Waals surface area contributed by atoms with E-state index in [0.29, 0.717) is 25.9 Å². The van der Waals surface area contributed by atoms with E-state index in [2.05, 4.69) is 0 Å². The van der Waals surface area contributed by atoms with Crippen molar-refractivity contribution in [2.75, 3.05) is 26.7 Å². The molecule has 1 saturated heterocycles.